The number of amides is 2. The first-order chi connectivity index (χ1) is 17.8. The molecule has 192 valence electrons. The minimum atomic E-state index is -0.208. The molecule has 2 aliphatic rings. The molecule has 8 nitrogen and oxygen atoms in total. The van der Waals surface area contributed by atoms with E-state index in [1.165, 1.54) is 19.2 Å². The fraction of sp³-hybridized carbons (Fsp3) is 0.379. The van der Waals surface area contributed by atoms with E-state index >= 15 is 0 Å². The maximum atomic E-state index is 12.9. The molecule has 2 aromatic heterocycles. The molecule has 3 aromatic rings. The van der Waals surface area contributed by atoms with Gasteiger partial charge in [0.2, 0.25) is 5.91 Å². The molecule has 0 aliphatic heterocycles. The van der Waals surface area contributed by atoms with E-state index in [0.717, 1.165) is 59.1 Å². The number of nitrogens with one attached hydrogen (secondary N) is 2. The molecule has 0 unspecified atom stereocenters. The van der Waals surface area contributed by atoms with Gasteiger partial charge in [0, 0.05) is 35.8 Å². The lowest BCUT2D eigenvalue weighted by molar-refractivity contribution is -0.125. The Morgan fingerprint density at radius 1 is 1.11 bits per heavy atom. The SMILES string of the molecule is C=C(C)C(=O)Nc1ccc(-c2c(C3=CC[C@@H](C(=O)NC4CCCC4)CC3)c3c(N)ncnc3n2C)cc1. The summed E-state index contributed by atoms with van der Waals surface area (Å²) in [5.41, 5.74) is 12.4. The van der Waals surface area contributed by atoms with Crippen LogP contribution in [0.5, 0.6) is 0 Å². The van der Waals surface area contributed by atoms with Gasteiger partial charge in [0.05, 0.1) is 11.1 Å². The predicted octanol–water partition coefficient (Wildman–Crippen LogP) is 4.97. The van der Waals surface area contributed by atoms with Crippen LogP contribution in [0.2, 0.25) is 0 Å². The molecule has 1 atom stereocenters. The van der Waals surface area contributed by atoms with Gasteiger partial charge in [-0.3, -0.25) is 9.59 Å². The monoisotopic (exact) mass is 498 g/mol. The molecule has 1 saturated carbocycles. The number of nitrogens with two attached hydrogens (primary N) is 1. The quantitative estimate of drug-likeness (QED) is 0.415. The van der Waals surface area contributed by atoms with Crippen molar-refractivity contribution in [3.8, 4) is 11.3 Å². The van der Waals surface area contributed by atoms with Crippen molar-refractivity contribution in [1.29, 1.82) is 0 Å². The Morgan fingerprint density at radius 3 is 2.49 bits per heavy atom. The maximum absolute atomic E-state index is 12.9. The summed E-state index contributed by atoms with van der Waals surface area (Å²) in [7, 11) is 1.98. The first-order valence-corrected chi connectivity index (χ1v) is 13.0. The van der Waals surface area contributed by atoms with E-state index in [4.69, 9.17) is 5.73 Å². The van der Waals surface area contributed by atoms with Gasteiger partial charge in [-0.25, -0.2) is 9.97 Å². The van der Waals surface area contributed by atoms with E-state index in [9.17, 15) is 9.59 Å². The average Bonchev–Trinajstić information content (AvgIpc) is 3.51. The Balaban J connectivity index is 1.48. The summed E-state index contributed by atoms with van der Waals surface area (Å²) >= 11 is 0. The molecule has 0 saturated heterocycles. The molecule has 2 heterocycles. The number of fused-ring (bicyclic) bond motifs is 1. The van der Waals surface area contributed by atoms with Gasteiger partial charge in [-0.2, -0.15) is 0 Å². The number of nitrogens with zero attached hydrogens (tertiary/aromatic N) is 3. The molecule has 1 aromatic carbocycles. The second-order valence-corrected chi connectivity index (χ2v) is 10.2. The highest BCUT2D eigenvalue weighted by Crippen LogP contribution is 2.43. The van der Waals surface area contributed by atoms with Crippen molar-refractivity contribution in [2.45, 2.75) is 57.9 Å². The second-order valence-electron chi connectivity index (χ2n) is 10.2. The summed E-state index contributed by atoms with van der Waals surface area (Å²) in [6.45, 7) is 5.37. The summed E-state index contributed by atoms with van der Waals surface area (Å²) in [4.78, 5) is 33.7. The van der Waals surface area contributed by atoms with Crippen molar-refractivity contribution >= 4 is 39.9 Å². The highest BCUT2D eigenvalue weighted by Gasteiger charge is 2.29. The van der Waals surface area contributed by atoms with Gasteiger partial charge in [0.1, 0.15) is 17.8 Å². The molecule has 0 bridgehead atoms. The Morgan fingerprint density at radius 2 is 1.84 bits per heavy atom. The number of anilines is 2. The Labute approximate surface area is 217 Å². The lowest BCUT2D eigenvalue weighted by Crippen LogP contribution is -2.37. The van der Waals surface area contributed by atoms with Crippen LogP contribution in [0.15, 0.2) is 48.8 Å². The number of carbonyl (C=O) groups is 2. The minimum absolute atomic E-state index is 0.00687. The van der Waals surface area contributed by atoms with Crippen molar-refractivity contribution in [3.63, 3.8) is 0 Å². The van der Waals surface area contributed by atoms with Crippen LogP contribution < -0.4 is 16.4 Å². The summed E-state index contributed by atoms with van der Waals surface area (Å²) < 4.78 is 2.05. The summed E-state index contributed by atoms with van der Waals surface area (Å²) in [6.07, 6.45) is 10.5. The van der Waals surface area contributed by atoms with Crippen molar-refractivity contribution in [1.82, 2.24) is 19.9 Å². The van der Waals surface area contributed by atoms with Gasteiger partial charge in [0.15, 0.2) is 0 Å². The third kappa shape index (κ3) is 4.88. The van der Waals surface area contributed by atoms with Crippen LogP contribution in [0, 0.1) is 5.92 Å². The zero-order chi connectivity index (χ0) is 26.1. The third-order valence-corrected chi connectivity index (χ3v) is 7.60. The molecule has 0 radical (unpaired) electrons. The van der Waals surface area contributed by atoms with Gasteiger partial charge < -0.3 is 20.9 Å². The predicted molar refractivity (Wildman–Crippen MR) is 148 cm³/mol. The molecule has 0 spiro atoms. The number of hydrogen-bond donors (Lipinski definition) is 3. The van der Waals surface area contributed by atoms with Gasteiger partial charge in [0.25, 0.3) is 5.91 Å². The number of aromatic nitrogens is 3. The normalized spacial score (nSPS) is 18.0. The highest BCUT2D eigenvalue weighted by atomic mass is 16.2. The zero-order valence-corrected chi connectivity index (χ0v) is 21.5. The molecular weight excluding hydrogens is 464 g/mol. The van der Waals surface area contributed by atoms with E-state index in [2.05, 4.69) is 33.3 Å². The average molecular weight is 499 g/mol. The smallest absolute Gasteiger partial charge is 0.250 e. The molecule has 4 N–H and O–H groups in total. The van der Waals surface area contributed by atoms with Crippen LogP contribution in [0.25, 0.3) is 27.9 Å². The number of aryl methyl sites for hydroxylation is 1. The molecule has 37 heavy (non-hydrogen) atoms. The van der Waals surface area contributed by atoms with Crippen molar-refractivity contribution < 1.29 is 9.59 Å². The van der Waals surface area contributed by atoms with Crippen LogP contribution in [0.3, 0.4) is 0 Å². The largest absolute Gasteiger partial charge is 0.383 e. The first kappa shape index (κ1) is 24.7. The van der Waals surface area contributed by atoms with E-state index in [1.54, 1.807) is 6.92 Å². The van der Waals surface area contributed by atoms with Crippen molar-refractivity contribution in [3.05, 3.63) is 54.4 Å². The summed E-state index contributed by atoms with van der Waals surface area (Å²) in [5.74, 6) is 0.400. The minimum Gasteiger partial charge on any atom is -0.383 e. The van der Waals surface area contributed by atoms with Gasteiger partial charge in [-0.1, -0.05) is 37.6 Å². The fourth-order valence-electron chi connectivity index (χ4n) is 5.56. The van der Waals surface area contributed by atoms with Crippen molar-refractivity contribution in [2.24, 2.45) is 13.0 Å². The Hall–Kier alpha value is -3.94. The van der Waals surface area contributed by atoms with Crippen LogP contribution in [0.4, 0.5) is 11.5 Å². The number of carbonyl (C=O) groups excluding carboxylic acids is 2. The first-order valence-electron chi connectivity index (χ1n) is 13.0. The summed E-state index contributed by atoms with van der Waals surface area (Å²) in [6, 6.07) is 8.06. The number of allylic oxidation sites excluding steroid dienone is 2. The van der Waals surface area contributed by atoms with E-state index in [1.807, 2.05) is 35.9 Å². The lowest BCUT2D eigenvalue weighted by atomic mass is 9.84. The van der Waals surface area contributed by atoms with Gasteiger partial charge in [-0.15, -0.1) is 0 Å². The molecule has 5 rings (SSSR count). The van der Waals surface area contributed by atoms with Gasteiger partial charge in [-0.05, 0) is 62.3 Å². The van der Waals surface area contributed by atoms with Gasteiger partial charge >= 0.3 is 0 Å². The molecular formula is C29H34N6O2. The molecule has 1 fully saturated rings. The lowest BCUT2D eigenvalue weighted by Gasteiger charge is -2.24. The number of nitrogen functional groups attached to an aromatic ring is 1. The number of hydrogen-bond acceptors (Lipinski definition) is 5. The maximum Gasteiger partial charge on any atom is 0.250 e. The van der Waals surface area contributed by atoms with Crippen LogP contribution in [-0.2, 0) is 16.6 Å². The van der Waals surface area contributed by atoms with Crippen molar-refractivity contribution in [2.75, 3.05) is 11.1 Å². The number of benzene rings is 1. The molecule has 2 aliphatic carbocycles. The fourth-order valence-corrected chi connectivity index (χ4v) is 5.56. The van der Waals surface area contributed by atoms with Crippen LogP contribution >= 0.6 is 0 Å². The number of rotatable bonds is 6. The standard InChI is InChI=1S/C29H34N6O2/c1-17(2)28(36)33-22-14-12-19(13-15-22)25-23(24-26(30)31-16-32-27(24)35(25)3)18-8-10-20(11-9-18)29(37)34-21-6-4-5-7-21/h8,12-16,20-21H,1,4-7,9-11H2,2-3H3,(H,33,36)(H,34,37)(H2,30,31,32)/t20-/m1/s1. The molecule has 8 heteroatoms. The van der Waals surface area contributed by atoms with E-state index in [-0.39, 0.29) is 17.7 Å². The summed E-state index contributed by atoms with van der Waals surface area (Å²) in [5, 5.41) is 6.95. The topological polar surface area (TPSA) is 115 Å². The van der Waals surface area contributed by atoms with Crippen LogP contribution in [-0.4, -0.2) is 32.4 Å². The van der Waals surface area contributed by atoms with E-state index in [0.29, 0.717) is 29.5 Å². The van der Waals surface area contributed by atoms with E-state index < -0.39 is 0 Å². The highest BCUT2D eigenvalue weighted by molar-refractivity contribution is 6.05. The Kier molecular flexibility index (Phi) is 6.82. The Bertz CT molecular complexity index is 1400. The molecule has 2 amide bonds. The second kappa shape index (κ2) is 10.2. The third-order valence-electron chi connectivity index (χ3n) is 7.60. The zero-order valence-electron chi connectivity index (χ0n) is 21.5. The van der Waals surface area contributed by atoms with Crippen LogP contribution in [0.1, 0.15) is 57.4 Å².